The second-order valence-corrected chi connectivity index (χ2v) is 6.48. The van der Waals surface area contributed by atoms with Crippen LogP contribution in [0.25, 0.3) is 0 Å². The Bertz CT molecular complexity index is 784. The lowest BCUT2D eigenvalue weighted by molar-refractivity contribution is 0.152. The Labute approximate surface area is 160 Å². The van der Waals surface area contributed by atoms with Gasteiger partial charge in [-0.1, -0.05) is 74.4 Å². The van der Waals surface area contributed by atoms with Gasteiger partial charge in [0.15, 0.2) is 0 Å². The molecule has 0 aromatic heterocycles. The van der Waals surface area contributed by atoms with Crippen LogP contribution in [-0.2, 0) is 11.3 Å². The highest BCUT2D eigenvalue weighted by Gasteiger charge is 2.22. The molecule has 140 valence electrons. The Kier molecular flexibility index (Phi) is 6.69. The molecule has 1 heterocycles. The van der Waals surface area contributed by atoms with E-state index in [1.807, 2.05) is 54.6 Å². The molecule has 2 aromatic rings. The third kappa shape index (κ3) is 5.48. The summed E-state index contributed by atoms with van der Waals surface area (Å²) >= 11 is 0. The van der Waals surface area contributed by atoms with Gasteiger partial charge in [0.2, 0.25) is 0 Å². The van der Waals surface area contributed by atoms with Crippen molar-refractivity contribution in [1.29, 1.82) is 0 Å². The highest BCUT2D eigenvalue weighted by Crippen LogP contribution is 2.27. The molecular formula is C23H25NO3. The number of hydrogen-bond donors (Lipinski definition) is 0. The van der Waals surface area contributed by atoms with Crippen LogP contribution >= 0.6 is 0 Å². The van der Waals surface area contributed by atoms with Gasteiger partial charge in [0.25, 0.3) is 0 Å². The van der Waals surface area contributed by atoms with E-state index >= 15 is 0 Å². The number of carbonyl (C=O) groups excluding carboxylic acids is 1. The van der Waals surface area contributed by atoms with E-state index in [2.05, 4.69) is 6.92 Å². The first-order valence-corrected chi connectivity index (χ1v) is 9.38. The first-order chi connectivity index (χ1) is 13.3. The number of amides is 1. The summed E-state index contributed by atoms with van der Waals surface area (Å²) in [5.74, 6) is 1.48. The summed E-state index contributed by atoms with van der Waals surface area (Å²) in [6, 6.07) is 19.1. The van der Waals surface area contributed by atoms with Crippen LogP contribution in [0.2, 0.25) is 0 Å². The maximum absolute atomic E-state index is 12.5. The van der Waals surface area contributed by atoms with Gasteiger partial charge in [-0.2, -0.15) is 0 Å². The van der Waals surface area contributed by atoms with Crippen molar-refractivity contribution >= 4 is 6.09 Å². The second-order valence-electron chi connectivity index (χ2n) is 6.48. The maximum Gasteiger partial charge on any atom is 0.423 e. The Morgan fingerprint density at radius 3 is 2.44 bits per heavy atom. The summed E-state index contributed by atoms with van der Waals surface area (Å²) in [7, 11) is 0. The third-order valence-electron chi connectivity index (χ3n) is 4.39. The molecule has 0 saturated heterocycles. The lowest BCUT2D eigenvalue weighted by Crippen LogP contribution is -2.28. The molecule has 27 heavy (non-hydrogen) atoms. The number of hydrogen-bond acceptors (Lipinski definition) is 3. The Morgan fingerprint density at radius 2 is 1.74 bits per heavy atom. The van der Waals surface area contributed by atoms with Crippen molar-refractivity contribution in [2.75, 3.05) is 0 Å². The van der Waals surface area contributed by atoms with Crippen LogP contribution in [0.15, 0.2) is 84.9 Å². The molecule has 0 aliphatic carbocycles. The van der Waals surface area contributed by atoms with Crippen molar-refractivity contribution in [2.45, 2.75) is 32.8 Å². The molecule has 0 fully saturated rings. The Morgan fingerprint density at radius 1 is 1.04 bits per heavy atom. The van der Waals surface area contributed by atoms with Crippen LogP contribution in [0.4, 0.5) is 4.79 Å². The van der Waals surface area contributed by atoms with Gasteiger partial charge in [-0.05, 0) is 24.1 Å². The summed E-state index contributed by atoms with van der Waals surface area (Å²) in [4.78, 5) is 13.9. The van der Waals surface area contributed by atoms with Crippen LogP contribution in [0.1, 0.15) is 31.7 Å². The monoisotopic (exact) mass is 363 g/mol. The number of carbonyl (C=O) groups is 1. The lowest BCUT2D eigenvalue weighted by atomic mass is 9.98. The minimum atomic E-state index is -0.452. The summed E-state index contributed by atoms with van der Waals surface area (Å²) in [6.45, 7) is 2.65. The van der Waals surface area contributed by atoms with Crippen molar-refractivity contribution in [3.8, 4) is 5.75 Å². The normalized spacial score (nSPS) is 16.0. The van der Waals surface area contributed by atoms with Gasteiger partial charge in [0.05, 0.1) is 6.20 Å². The highest BCUT2D eigenvalue weighted by molar-refractivity contribution is 5.73. The van der Waals surface area contributed by atoms with E-state index < -0.39 is 6.09 Å². The van der Waals surface area contributed by atoms with Gasteiger partial charge in [-0.3, -0.25) is 4.90 Å². The molecule has 1 aliphatic heterocycles. The first-order valence-electron chi connectivity index (χ1n) is 9.38. The Hall–Kier alpha value is -3.01. The van der Waals surface area contributed by atoms with Gasteiger partial charge in [0.1, 0.15) is 18.1 Å². The van der Waals surface area contributed by atoms with Crippen molar-refractivity contribution in [3.63, 3.8) is 0 Å². The molecule has 1 amide bonds. The molecule has 0 N–H and O–H groups in total. The van der Waals surface area contributed by atoms with Gasteiger partial charge in [-0.15, -0.1) is 0 Å². The van der Waals surface area contributed by atoms with E-state index in [1.165, 1.54) is 4.90 Å². The fraction of sp³-hybridized carbons (Fsp3) is 0.261. The van der Waals surface area contributed by atoms with E-state index in [1.54, 1.807) is 24.5 Å². The zero-order valence-corrected chi connectivity index (χ0v) is 15.6. The lowest BCUT2D eigenvalue weighted by Gasteiger charge is -2.25. The fourth-order valence-electron chi connectivity index (χ4n) is 2.87. The molecule has 0 saturated carbocycles. The van der Waals surface area contributed by atoms with E-state index in [0.717, 1.165) is 30.6 Å². The minimum absolute atomic E-state index is 0.175. The molecule has 4 nitrogen and oxygen atoms in total. The molecule has 2 aromatic carbocycles. The van der Waals surface area contributed by atoms with Gasteiger partial charge < -0.3 is 9.47 Å². The number of benzene rings is 2. The van der Waals surface area contributed by atoms with E-state index in [9.17, 15) is 4.79 Å². The molecule has 1 atom stereocenters. The molecule has 1 aliphatic rings. The van der Waals surface area contributed by atoms with Crippen LogP contribution in [-0.4, -0.2) is 11.0 Å². The topological polar surface area (TPSA) is 38.8 Å². The number of unbranched alkanes of at least 4 members (excludes halogenated alkanes) is 1. The first kappa shape index (κ1) is 18.8. The predicted molar refractivity (Wildman–Crippen MR) is 106 cm³/mol. The van der Waals surface area contributed by atoms with Crippen LogP contribution in [0, 0.1) is 5.92 Å². The largest absolute Gasteiger partial charge is 0.491 e. The smallest absolute Gasteiger partial charge is 0.423 e. The quantitative estimate of drug-likeness (QED) is 0.616. The van der Waals surface area contributed by atoms with E-state index in [-0.39, 0.29) is 5.92 Å². The molecule has 0 spiro atoms. The fourth-order valence-corrected chi connectivity index (χ4v) is 2.87. The standard InChI is InChI=1S/C23H25NO3/c1-2-3-12-20-15-16-24(23(25)27-21-13-8-5-9-14-21)17-22(20)26-18-19-10-6-4-7-11-19/h4-11,13-17,20H,2-3,12,18H2,1H3. The zero-order chi connectivity index (χ0) is 18.9. The third-order valence-corrected chi connectivity index (χ3v) is 4.39. The second kappa shape index (κ2) is 9.62. The summed E-state index contributed by atoms with van der Waals surface area (Å²) in [5.41, 5.74) is 1.10. The number of ether oxygens (including phenoxy) is 2. The van der Waals surface area contributed by atoms with Crippen LogP contribution < -0.4 is 4.74 Å². The summed E-state index contributed by atoms with van der Waals surface area (Å²) in [5, 5.41) is 0. The molecule has 0 bridgehead atoms. The number of para-hydroxylation sites is 1. The average molecular weight is 363 g/mol. The van der Waals surface area contributed by atoms with Crippen molar-refractivity contribution in [3.05, 3.63) is 90.5 Å². The maximum atomic E-state index is 12.5. The molecule has 0 radical (unpaired) electrons. The van der Waals surface area contributed by atoms with Crippen molar-refractivity contribution in [1.82, 2.24) is 4.90 Å². The molecule has 1 unspecified atom stereocenters. The van der Waals surface area contributed by atoms with Crippen LogP contribution in [0.3, 0.4) is 0 Å². The van der Waals surface area contributed by atoms with Gasteiger partial charge >= 0.3 is 6.09 Å². The SMILES string of the molecule is CCCCC1C=CN(C(=O)Oc2ccccc2)C=C1OCc1ccccc1. The molecule has 4 heteroatoms. The average Bonchev–Trinajstić information content (AvgIpc) is 2.72. The summed E-state index contributed by atoms with van der Waals surface area (Å²) in [6.07, 6.45) is 8.30. The van der Waals surface area contributed by atoms with Gasteiger partial charge in [-0.25, -0.2) is 4.79 Å². The van der Waals surface area contributed by atoms with E-state index in [4.69, 9.17) is 9.47 Å². The molecule has 3 rings (SSSR count). The highest BCUT2D eigenvalue weighted by atomic mass is 16.6. The number of nitrogens with zero attached hydrogens (tertiary/aromatic N) is 1. The zero-order valence-electron chi connectivity index (χ0n) is 15.6. The summed E-state index contributed by atoms with van der Waals surface area (Å²) < 4.78 is 11.5. The number of rotatable bonds is 7. The van der Waals surface area contributed by atoms with E-state index in [0.29, 0.717) is 12.4 Å². The molecular weight excluding hydrogens is 338 g/mol. The minimum Gasteiger partial charge on any atom is -0.491 e. The number of allylic oxidation sites excluding steroid dienone is 1. The van der Waals surface area contributed by atoms with Crippen molar-refractivity contribution in [2.24, 2.45) is 5.92 Å². The predicted octanol–water partition coefficient (Wildman–Crippen LogP) is 5.88. The van der Waals surface area contributed by atoms with Crippen LogP contribution in [0.5, 0.6) is 5.75 Å². The van der Waals surface area contributed by atoms with Gasteiger partial charge in [0, 0.05) is 12.1 Å². The van der Waals surface area contributed by atoms with Crippen molar-refractivity contribution < 1.29 is 14.3 Å². The Balaban J connectivity index is 1.69.